The van der Waals surface area contributed by atoms with Gasteiger partial charge in [0.1, 0.15) is 5.25 Å². The molecule has 2 heterocycles. The van der Waals surface area contributed by atoms with Gasteiger partial charge in [0, 0.05) is 25.5 Å². The number of aryl methyl sites for hydroxylation is 1. The normalized spacial score (nSPS) is 15.8. The van der Waals surface area contributed by atoms with Crippen LogP contribution >= 0.6 is 24.2 Å². The number of carbonyl (C=O) groups excluding carboxylic acids is 1. The van der Waals surface area contributed by atoms with Crippen molar-refractivity contribution in [2.45, 2.75) is 24.6 Å². The van der Waals surface area contributed by atoms with Crippen LogP contribution in [0.5, 0.6) is 0 Å². The van der Waals surface area contributed by atoms with Crippen LogP contribution in [-0.2, 0) is 17.8 Å². The zero-order chi connectivity index (χ0) is 16.6. The van der Waals surface area contributed by atoms with Crippen molar-refractivity contribution in [1.29, 1.82) is 0 Å². The maximum absolute atomic E-state index is 12.5. The highest BCUT2D eigenvalue weighted by molar-refractivity contribution is 8.00. The standard InChI is InChI=1S/C19H23N3OS.ClH/c23-19(18-17-7-2-1-6-16(17)8-12-24-18)22-11-4-10-21-14-15-5-3-9-20-13-15;/h1-3,5-7,9,13,18,21H,4,8,10-12,14H2,(H,22,23);1H. The lowest BCUT2D eigenvalue weighted by atomic mass is 10.0. The van der Waals surface area contributed by atoms with Crippen molar-refractivity contribution < 1.29 is 4.79 Å². The van der Waals surface area contributed by atoms with Crippen LogP contribution in [0.4, 0.5) is 0 Å². The zero-order valence-electron chi connectivity index (χ0n) is 14.1. The van der Waals surface area contributed by atoms with Crippen molar-refractivity contribution in [3.63, 3.8) is 0 Å². The van der Waals surface area contributed by atoms with Crippen LogP contribution in [0.1, 0.15) is 28.4 Å². The zero-order valence-corrected chi connectivity index (χ0v) is 15.7. The van der Waals surface area contributed by atoms with Gasteiger partial charge in [-0.1, -0.05) is 30.3 Å². The minimum absolute atomic E-state index is 0. The van der Waals surface area contributed by atoms with Gasteiger partial charge in [0.15, 0.2) is 0 Å². The molecular weight excluding hydrogens is 354 g/mol. The maximum Gasteiger partial charge on any atom is 0.237 e. The van der Waals surface area contributed by atoms with Crippen molar-refractivity contribution in [2.24, 2.45) is 0 Å². The summed E-state index contributed by atoms with van der Waals surface area (Å²) in [5.41, 5.74) is 3.67. The van der Waals surface area contributed by atoms with E-state index in [4.69, 9.17) is 0 Å². The highest BCUT2D eigenvalue weighted by Gasteiger charge is 2.26. The summed E-state index contributed by atoms with van der Waals surface area (Å²) in [5.74, 6) is 1.15. The van der Waals surface area contributed by atoms with Crippen LogP contribution in [-0.4, -0.2) is 29.7 Å². The fraction of sp³-hybridized carbons (Fsp3) is 0.368. The first kappa shape index (κ1) is 19.8. The number of hydrogen-bond acceptors (Lipinski definition) is 4. The lowest BCUT2D eigenvalue weighted by Gasteiger charge is -2.24. The minimum atomic E-state index is -0.0571. The van der Waals surface area contributed by atoms with Gasteiger partial charge in [0.05, 0.1) is 0 Å². The molecular formula is C19H24ClN3OS. The van der Waals surface area contributed by atoms with Gasteiger partial charge in [-0.3, -0.25) is 9.78 Å². The third-order valence-corrected chi connectivity index (χ3v) is 5.35. The Morgan fingerprint density at radius 2 is 2.08 bits per heavy atom. The Labute approximate surface area is 159 Å². The van der Waals surface area contributed by atoms with Gasteiger partial charge in [-0.2, -0.15) is 0 Å². The van der Waals surface area contributed by atoms with Crippen LogP contribution in [0.15, 0.2) is 48.8 Å². The topological polar surface area (TPSA) is 54.0 Å². The number of nitrogens with one attached hydrogen (secondary N) is 2. The molecule has 1 aromatic heterocycles. The van der Waals surface area contributed by atoms with E-state index in [0.29, 0.717) is 6.54 Å². The second-order valence-corrected chi connectivity index (χ2v) is 7.10. The summed E-state index contributed by atoms with van der Waals surface area (Å²) in [7, 11) is 0. The van der Waals surface area contributed by atoms with Crippen LogP contribution in [0.25, 0.3) is 0 Å². The minimum Gasteiger partial charge on any atom is -0.355 e. The Balaban J connectivity index is 0.00000225. The molecule has 1 amide bonds. The summed E-state index contributed by atoms with van der Waals surface area (Å²) < 4.78 is 0. The van der Waals surface area contributed by atoms with E-state index in [9.17, 15) is 4.79 Å². The van der Waals surface area contributed by atoms with Crippen molar-refractivity contribution >= 4 is 30.1 Å². The number of aromatic nitrogens is 1. The molecule has 2 N–H and O–H groups in total. The molecule has 25 heavy (non-hydrogen) atoms. The van der Waals surface area contributed by atoms with E-state index in [1.54, 1.807) is 18.0 Å². The second kappa shape index (κ2) is 10.4. The van der Waals surface area contributed by atoms with E-state index in [0.717, 1.165) is 31.7 Å². The first-order valence-corrected chi connectivity index (χ1v) is 9.46. The van der Waals surface area contributed by atoms with Crippen LogP contribution in [0, 0.1) is 0 Å². The fourth-order valence-corrected chi connectivity index (χ4v) is 4.08. The predicted molar refractivity (Wildman–Crippen MR) is 106 cm³/mol. The third-order valence-electron chi connectivity index (χ3n) is 4.11. The molecule has 0 radical (unpaired) electrons. The van der Waals surface area contributed by atoms with Crippen molar-refractivity contribution in [1.82, 2.24) is 15.6 Å². The Morgan fingerprint density at radius 3 is 2.92 bits per heavy atom. The summed E-state index contributed by atoms with van der Waals surface area (Å²) in [6.07, 6.45) is 5.63. The Hall–Kier alpha value is -1.56. The monoisotopic (exact) mass is 377 g/mol. The van der Waals surface area contributed by atoms with E-state index in [1.165, 1.54) is 16.7 Å². The number of thioether (sulfide) groups is 1. The van der Waals surface area contributed by atoms with Gasteiger partial charge in [-0.05, 0) is 47.9 Å². The molecule has 1 aliphatic heterocycles. The first-order chi connectivity index (χ1) is 11.8. The van der Waals surface area contributed by atoms with E-state index in [2.05, 4.69) is 39.9 Å². The van der Waals surface area contributed by atoms with Crippen molar-refractivity contribution in [3.05, 3.63) is 65.5 Å². The smallest absolute Gasteiger partial charge is 0.237 e. The highest BCUT2D eigenvalue weighted by Crippen LogP contribution is 2.36. The SMILES string of the molecule is Cl.O=C(NCCCNCc1cccnc1)C1SCCc2ccccc21. The number of amides is 1. The molecule has 1 aromatic carbocycles. The number of hydrogen-bond donors (Lipinski definition) is 2. The Bertz CT molecular complexity index is 669. The maximum atomic E-state index is 12.5. The lowest BCUT2D eigenvalue weighted by molar-refractivity contribution is -0.120. The largest absolute Gasteiger partial charge is 0.355 e. The summed E-state index contributed by atoms with van der Waals surface area (Å²) in [6.45, 7) is 2.40. The average molecular weight is 378 g/mol. The highest BCUT2D eigenvalue weighted by atomic mass is 35.5. The van der Waals surface area contributed by atoms with Crippen LogP contribution < -0.4 is 10.6 Å². The molecule has 0 bridgehead atoms. The lowest BCUT2D eigenvalue weighted by Crippen LogP contribution is -2.32. The molecule has 6 heteroatoms. The first-order valence-electron chi connectivity index (χ1n) is 8.41. The summed E-state index contributed by atoms with van der Waals surface area (Å²) in [6, 6.07) is 12.3. The molecule has 0 aliphatic carbocycles. The second-order valence-electron chi connectivity index (χ2n) is 5.88. The summed E-state index contributed by atoms with van der Waals surface area (Å²) in [4.78, 5) is 16.5. The molecule has 3 rings (SSSR count). The van der Waals surface area contributed by atoms with E-state index in [1.807, 2.05) is 18.3 Å². The number of benzene rings is 1. The molecule has 0 saturated heterocycles. The molecule has 4 nitrogen and oxygen atoms in total. The number of halogens is 1. The summed E-state index contributed by atoms with van der Waals surface area (Å²) in [5, 5.41) is 6.40. The van der Waals surface area contributed by atoms with Gasteiger partial charge in [0.25, 0.3) is 0 Å². The van der Waals surface area contributed by atoms with E-state index < -0.39 is 0 Å². The molecule has 134 valence electrons. The predicted octanol–water partition coefficient (Wildman–Crippen LogP) is 3.13. The summed E-state index contributed by atoms with van der Waals surface area (Å²) >= 11 is 1.74. The van der Waals surface area contributed by atoms with E-state index in [-0.39, 0.29) is 23.6 Å². The quantitative estimate of drug-likeness (QED) is 0.728. The van der Waals surface area contributed by atoms with Crippen LogP contribution in [0.2, 0.25) is 0 Å². The van der Waals surface area contributed by atoms with Gasteiger partial charge in [0.2, 0.25) is 5.91 Å². The molecule has 1 aliphatic rings. The molecule has 0 fully saturated rings. The van der Waals surface area contributed by atoms with E-state index >= 15 is 0 Å². The fourth-order valence-electron chi connectivity index (χ4n) is 2.86. The van der Waals surface area contributed by atoms with Crippen molar-refractivity contribution in [3.8, 4) is 0 Å². The van der Waals surface area contributed by atoms with Crippen LogP contribution in [0.3, 0.4) is 0 Å². The Morgan fingerprint density at radius 1 is 1.20 bits per heavy atom. The van der Waals surface area contributed by atoms with Gasteiger partial charge in [-0.25, -0.2) is 0 Å². The van der Waals surface area contributed by atoms with Crippen molar-refractivity contribution in [2.75, 3.05) is 18.8 Å². The number of pyridine rings is 1. The number of rotatable bonds is 7. The van der Waals surface area contributed by atoms with Gasteiger partial charge < -0.3 is 10.6 Å². The number of carbonyl (C=O) groups is 1. The van der Waals surface area contributed by atoms with Gasteiger partial charge in [-0.15, -0.1) is 24.2 Å². The molecule has 2 aromatic rings. The number of fused-ring (bicyclic) bond motifs is 1. The van der Waals surface area contributed by atoms with Gasteiger partial charge >= 0.3 is 0 Å². The average Bonchev–Trinajstić information content (AvgIpc) is 2.64. The number of nitrogens with zero attached hydrogens (tertiary/aromatic N) is 1. The third kappa shape index (κ3) is 5.73. The molecule has 0 spiro atoms. The molecule has 0 saturated carbocycles. The molecule has 1 unspecified atom stereocenters. The molecule has 1 atom stereocenters. The Kier molecular flexibility index (Phi) is 8.25.